The Bertz CT molecular complexity index is 1040. The number of hydrogen-bond donors (Lipinski definition) is 3. The van der Waals surface area contributed by atoms with Gasteiger partial charge in [-0.1, -0.05) is 0 Å². The van der Waals surface area contributed by atoms with Crippen molar-refractivity contribution in [2.45, 2.75) is 44.2 Å². The number of nitrogens with one attached hydrogen (secondary N) is 1. The normalized spacial score (nSPS) is 22.3. The molecule has 3 heterocycles. The molecular weight excluding hydrogens is 361 g/mol. The molecule has 4 rings (SSSR count). The van der Waals surface area contributed by atoms with Crippen LogP contribution in [0.15, 0.2) is 36.9 Å². The van der Waals surface area contributed by atoms with Crippen molar-refractivity contribution in [3.8, 4) is 11.1 Å². The van der Waals surface area contributed by atoms with Crippen LogP contribution in [-0.2, 0) is 0 Å². The predicted octanol–water partition coefficient (Wildman–Crippen LogP) is 2.74. The molecule has 28 heavy (non-hydrogen) atoms. The number of halogens is 1. The fraction of sp³-hybridized carbons (Fsp3) is 0.350. The predicted molar refractivity (Wildman–Crippen MR) is 103 cm³/mol. The third-order valence-corrected chi connectivity index (χ3v) is 5.35. The molecule has 0 aliphatic heterocycles. The van der Waals surface area contributed by atoms with Gasteiger partial charge in [0, 0.05) is 29.6 Å². The van der Waals surface area contributed by atoms with Gasteiger partial charge in [-0.15, -0.1) is 0 Å². The molecule has 0 unspecified atom stereocenters. The topological polar surface area (TPSA) is 106 Å². The van der Waals surface area contributed by atoms with Crippen LogP contribution in [0.5, 0.6) is 0 Å². The Morgan fingerprint density at radius 3 is 2.71 bits per heavy atom. The lowest BCUT2D eigenvalue weighted by Crippen LogP contribution is -2.36. The van der Waals surface area contributed by atoms with Crippen LogP contribution < -0.4 is 11.1 Å². The maximum Gasteiger partial charge on any atom is 0.252 e. The molecule has 0 radical (unpaired) electrons. The summed E-state index contributed by atoms with van der Waals surface area (Å²) in [5.74, 6) is -0.998. The number of carbonyl (C=O) groups is 1. The van der Waals surface area contributed by atoms with E-state index in [1.54, 1.807) is 16.9 Å². The SMILES string of the molecule is C[C@]1(O)CC[C@H](Nc2c(C(N)=O)cnn3cc(-c4cncc(F)c4)cc23)CC1. The third kappa shape index (κ3) is 3.55. The van der Waals surface area contributed by atoms with Crippen molar-refractivity contribution < 1.29 is 14.3 Å². The summed E-state index contributed by atoms with van der Waals surface area (Å²) >= 11 is 0. The molecule has 1 saturated carbocycles. The Hall–Kier alpha value is -3.00. The van der Waals surface area contributed by atoms with Gasteiger partial charge in [0.2, 0.25) is 0 Å². The summed E-state index contributed by atoms with van der Waals surface area (Å²) in [5, 5.41) is 17.9. The number of hydrogen-bond acceptors (Lipinski definition) is 5. The molecule has 1 amide bonds. The molecule has 0 aromatic carbocycles. The number of nitrogens with zero attached hydrogens (tertiary/aromatic N) is 3. The fourth-order valence-corrected chi connectivity index (χ4v) is 3.71. The molecule has 0 bridgehead atoms. The highest BCUT2D eigenvalue weighted by Gasteiger charge is 2.29. The van der Waals surface area contributed by atoms with Gasteiger partial charge >= 0.3 is 0 Å². The lowest BCUT2D eigenvalue weighted by atomic mass is 9.83. The van der Waals surface area contributed by atoms with Crippen LogP contribution in [0.4, 0.5) is 10.1 Å². The molecule has 0 spiro atoms. The Morgan fingerprint density at radius 2 is 2.04 bits per heavy atom. The van der Waals surface area contributed by atoms with Crippen LogP contribution in [0.25, 0.3) is 16.6 Å². The minimum absolute atomic E-state index is 0.110. The molecule has 8 heteroatoms. The number of aliphatic hydroxyl groups is 1. The average molecular weight is 383 g/mol. The zero-order valence-electron chi connectivity index (χ0n) is 15.5. The quantitative estimate of drug-likeness (QED) is 0.642. The van der Waals surface area contributed by atoms with Crippen molar-refractivity contribution in [1.29, 1.82) is 0 Å². The number of pyridine rings is 1. The Kier molecular flexibility index (Phi) is 4.50. The standard InChI is InChI=1S/C20H22FN5O2/c1-20(28)4-2-15(3-5-20)25-18-16(19(22)27)10-24-26-11-13(7-17(18)26)12-6-14(21)9-23-8-12/h6-11,15,25,28H,2-5H2,1H3,(H2,22,27)/t15-,20-. The number of anilines is 1. The van der Waals surface area contributed by atoms with Gasteiger partial charge in [0.15, 0.2) is 0 Å². The van der Waals surface area contributed by atoms with Gasteiger partial charge in [0.1, 0.15) is 5.82 Å². The largest absolute Gasteiger partial charge is 0.390 e. The molecule has 4 N–H and O–H groups in total. The first kappa shape index (κ1) is 18.4. The van der Waals surface area contributed by atoms with E-state index in [0.717, 1.165) is 24.6 Å². The van der Waals surface area contributed by atoms with E-state index < -0.39 is 17.3 Å². The minimum Gasteiger partial charge on any atom is -0.390 e. The lowest BCUT2D eigenvalue weighted by molar-refractivity contribution is 0.0196. The number of rotatable bonds is 4. The van der Waals surface area contributed by atoms with Crippen molar-refractivity contribution in [2.75, 3.05) is 5.32 Å². The van der Waals surface area contributed by atoms with Gasteiger partial charge in [-0.25, -0.2) is 8.91 Å². The summed E-state index contributed by atoms with van der Waals surface area (Å²) in [5.41, 5.74) is 7.84. The van der Waals surface area contributed by atoms with E-state index in [1.807, 2.05) is 13.0 Å². The zero-order chi connectivity index (χ0) is 19.9. The molecule has 146 valence electrons. The summed E-state index contributed by atoms with van der Waals surface area (Å²) in [4.78, 5) is 15.9. The zero-order valence-corrected chi connectivity index (χ0v) is 15.5. The molecule has 3 aromatic rings. The highest BCUT2D eigenvalue weighted by atomic mass is 19.1. The monoisotopic (exact) mass is 383 g/mol. The number of amides is 1. The third-order valence-electron chi connectivity index (χ3n) is 5.35. The van der Waals surface area contributed by atoms with E-state index >= 15 is 0 Å². The van der Waals surface area contributed by atoms with E-state index in [9.17, 15) is 14.3 Å². The molecule has 1 aliphatic rings. The van der Waals surface area contributed by atoms with Gasteiger partial charge in [0.25, 0.3) is 5.91 Å². The maximum atomic E-state index is 13.6. The molecule has 3 aromatic heterocycles. The van der Waals surface area contributed by atoms with E-state index in [-0.39, 0.29) is 6.04 Å². The maximum absolute atomic E-state index is 13.6. The van der Waals surface area contributed by atoms with Crippen molar-refractivity contribution >= 4 is 17.1 Å². The van der Waals surface area contributed by atoms with Crippen LogP contribution in [0.2, 0.25) is 0 Å². The van der Waals surface area contributed by atoms with Crippen LogP contribution in [-0.4, -0.2) is 37.3 Å². The number of nitrogens with two attached hydrogens (primary N) is 1. The second kappa shape index (κ2) is 6.87. The minimum atomic E-state index is -0.648. The lowest BCUT2D eigenvalue weighted by Gasteiger charge is -2.34. The average Bonchev–Trinajstić information content (AvgIpc) is 3.08. The van der Waals surface area contributed by atoms with Crippen molar-refractivity contribution in [2.24, 2.45) is 5.73 Å². The number of fused-ring (bicyclic) bond motifs is 1. The first-order chi connectivity index (χ1) is 13.3. The summed E-state index contributed by atoms with van der Waals surface area (Å²) in [6, 6.07) is 3.34. The summed E-state index contributed by atoms with van der Waals surface area (Å²) in [6.07, 6.45) is 8.83. The molecule has 0 atom stereocenters. The van der Waals surface area contributed by atoms with E-state index in [0.29, 0.717) is 35.2 Å². The highest BCUT2D eigenvalue weighted by Crippen LogP contribution is 2.33. The van der Waals surface area contributed by atoms with Crippen LogP contribution >= 0.6 is 0 Å². The van der Waals surface area contributed by atoms with Crippen molar-refractivity contribution in [3.63, 3.8) is 0 Å². The molecule has 0 saturated heterocycles. The molecular formula is C20H22FN5O2. The Morgan fingerprint density at radius 1 is 1.29 bits per heavy atom. The first-order valence-corrected chi connectivity index (χ1v) is 9.23. The summed E-state index contributed by atoms with van der Waals surface area (Å²) in [6.45, 7) is 1.84. The first-order valence-electron chi connectivity index (χ1n) is 9.23. The molecule has 1 aliphatic carbocycles. The van der Waals surface area contributed by atoms with Crippen molar-refractivity contribution in [3.05, 3.63) is 48.3 Å². The second-order valence-electron chi connectivity index (χ2n) is 7.66. The molecule has 1 fully saturated rings. The summed E-state index contributed by atoms with van der Waals surface area (Å²) < 4.78 is 15.2. The summed E-state index contributed by atoms with van der Waals surface area (Å²) in [7, 11) is 0. The van der Waals surface area contributed by atoms with Crippen LogP contribution in [0.3, 0.4) is 0 Å². The van der Waals surface area contributed by atoms with E-state index in [4.69, 9.17) is 5.73 Å². The number of primary amides is 1. The van der Waals surface area contributed by atoms with Crippen LogP contribution in [0.1, 0.15) is 43.0 Å². The van der Waals surface area contributed by atoms with Gasteiger partial charge < -0.3 is 16.2 Å². The van der Waals surface area contributed by atoms with Gasteiger partial charge in [-0.2, -0.15) is 5.10 Å². The number of aromatic nitrogens is 3. The smallest absolute Gasteiger partial charge is 0.252 e. The van der Waals surface area contributed by atoms with Gasteiger partial charge in [-0.3, -0.25) is 9.78 Å². The Labute approximate surface area is 161 Å². The van der Waals surface area contributed by atoms with Gasteiger partial charge in [-0.05, 0) is 44.7 Å². The van der Waals surface area contributed by atoms with Crippen LogP contribution in [0, 0.1) is 5.82 Å². The fourth-order valence-electron chi connectivity index (χ4n) is 3.71. The number of carbonyl (C=O) groups excluding carboxylic acids is 1. The molecule has 7 nitrogen and oxygen atoms in total. The van der Waals surface area contributed by atoms with Crippen molar-refractivity contribution in [1.82, 2.24) is 14.6 Å². The van der Waals surface area contributed by atoms with E-state index in [2.05, 4.69) is 15.4 Å². The van der Waals surface area contributed by atoms with E-state index in [1.165, 1.54) is 12.3 Å². The Balaban J connectivity index is 1.74. The second-order valence-corrected chi connectivity index (χ2v) is 7.66. The van der Waals surface area contributed by atoms with Gasteiger partial charge in [0.05, 0.1) is 34.8 Å². The highest BCUT2D eigenvalue weighted by molar-refractivity contribution is 6.02.